The van der Waals surface area contributed by atoms with E-state index in [1.807, 2.05) is 37.3 Å². The minimum atomic E-state index is -4.12. The van der Waals surface area contributed by atoms with Gasteiger partial charge < -0.3 is 15.0 Å². The minimum absolute atomic E-state index is 0.0417. The first-order valence-corrected chi connectivity index (χ1v) is 15.0. The average Bonchev–Trinajstić information content (AvgIpc) is 2.93. The molecule has 3 rings (SSSR count). The molecule has 8 nitrogen and oxygen atoms in total. The number of carbonyl (C=O) groups is 2. The van der Waals surface area contributed by atoms with Crippen LogP contribution in [0.4, 0.5) is 5.69 Å². The molecule has 2 amide bonds. The smallest absolute Gasteiger partial charge is 0.264 e. The standard InChI is InChI=1S/C29H34BrN3O5S/c1-4-31-29(35)22(3)32(20-19-23-9-7-6-8-10-23)28(34)21-33(25-13-15-26(16-14-25)38-5-2)39(36,37)27-17-11-24(30)12-18-27/h6-18,22H,4-5,19-21H2,1-3H3,(H,31,35)/t22-/m1/s1. The fourth-order valence-electron chi connectivity index (χ4n) is 4.03. The summed E-state index contributed by atoms with van der Waals surface area (Å²) in [5, 5.41) is 2.76. The number of halogens is 1. The molecule has 0 saturated carbocycles. The summed E-state index contributed by atoms with van der Waals surface area (Å²) in [6, 6.07) is 21.6. The van der Waals surface area contributed by atoms with Gasteiger partial charge in [-0.1, -0.05) is 46.3 Å². The molecule has 0 heterocycles. The van der Waals surface area contributed by atoms with E-state index in [0.717, 1.165) is 14.3 Å². The second-order valence-corrected chi connectivity index (χ2v) is 11.6. The summed E-state index contributed by atoms with van der Waals surface area (Å²) < 4.78 is 35.0. The maximum atomic E-state index is 13.8. The third kappa shape index (κ3) is 8.06. The Kier molecular flexibility index (Phi) is 10.9. The van der Waals surface area contributed by atoms with Crippen molar-refractivity contribution >= 4 is 43.5 Å². The summed E-state index contributed by atoms with van der Waals surface area (Å²) in [5.74, 6) is -0.204. The van der Waals surface area contributed by atoms with Gasteiger partial charge in [0, 0.05) is 17.6 Å². The molecular weight excluding hydrogens is 582 g/mol. The zero-order chi connectivity index (χ0) is 28.4. The van der Waals surface area contributed by atoms with E-state index >= 15 is 0 Å². The molecule has 1 N–H and O–H groups in total. The first-order chi connectivity index (χ1) is 18.7. The second kappa shape index (κ2) is 14.1. The highest BCUT2D eigenvalue weighted by atomic mass is 79.9. The molecule has 39 heavy (non-hydrogen) atoms. The first kappa shape index (κ1) is 30.2. The number of hydrogen-bond acceptors (Lipinski definition) is 5. The number of rotatable bonds is 13. The van der Waals surface area contributed by atoms with Gasteiger partial charge in [0.15, 0.2) is 0 Å². The zero-order valence-corrected chi connectivity index (χ0v) is 24.7. The van der Waals surface area contributed by atoms with Crippen molar-refractivity contribution < 1.29 is 22.7 Å². The molecule has 0 aromatic heterocycles. The monoisotopic (exact) mass is 615 g/mol. The third-order valence-electron chi connectivity index (χ3n) is 6.12. The van der Waals surface area contributed by atoms with Crippen molar-refractivity contribution in [2.45, 2.75) is 38.1 Å². The maximum Gasteiger partial charge on any atom is 0.264 e. The summed E-state index contributed by atoms with van der Waals surface area (Å²) in [4.78, 5) is 28.0. The SMILES string of the molecule is CCNC(=O)[C@@H](C)N(CCc1ccccc1)C(=O)CN(c1ccc(OCC)cc1)S(=O)(=O)c1ccc(Br)cc1. The normalized spacial score (nSPS) is 11.9. The van der Waals surface area contributed by atoms with E-state index < -0.39 is 28.5 Å². The number of carbonyl (C=O) groups excluding carboxylic acids is 2. The van der Waals surface area contributed by atoms with Crippen LogP contribution in [0.1, 0.15) is 26.3 Å². The van der Waals surface area contributed by atoms with Gasteiger partial charge in [-0.2, -0.15) is 0 Å². The summed E-state index contributed by atoms with van der Waals surface area (Å²) >= 11 is 3.33. The van der Waals surface area contributed by atoms with Crippen LogP contribution < -0.4 is 14.4 Å². The number of sulfonamides is 1. The van der Waals surface area contributed by atoms with Crippen LogP contribution in [0.3, 0.4) is 0 Å². The van der Waals surface area contributed by atoms with Gasteiger partial charge in [0.1, 0.15) is 18.3 Å². The number of nitrogens with zero attached hydrogens (tertiary/aromatic N) is 2. The number of hydrogen-bond donors (Lipinski definition) is 1. The topological polar surface area (TPSA) is 96.0 Å². The van der Waals surface area contributed by atoms with E-state index in [0.29, 0.717) is 31.0 Å². The van der Waals surface area contributed by atoms with Crippen LogP contribution in [-0.2, 0) is 26.0 Å². The Labute approximate surface area is 239 Å². The van der Waals surface area contributed by atoms with E-state index in [2.05, 4.69) is 21.2 Å². The highest BCUT2D eigenvalue weighted by Gasteiger charge is 2.32. The lowest BCUT2D eigenvalue weighted by Crippen LogP contribution is -2.52. The molecule has 208 valence electrons. The van der Waals surface area contributed by atoms with Crippen molar-refractivity contribution in [1.82, 2.24) is 10.2 Å². The zero-order valence-electron chi connectivity index (χ0n) is 22.3. The molecule has 0 radical (unpaired) electrons. The molecule has 0 spiro atoms. The Balaban J connectivity index is 1.97. The minimum Gasteiger partial charge on any atom is -0.494 e. The van der Waals surface area contributed by atoms with Gasteiger partial charge in [0.05, 0.1) is 17.2 Å². The van der Waals surface area contributed by atoms with E-state index in [4.69, 9.17) is 4.74 Å². The molecule has 0 aliphatic rings. The van der Waals surface area contributed by atoms with Gasteiger partial charge >= 0.3 is 0 Å². The maximum absolute atomic E-state index is 13.8. The largest absolute Gasteiger partial charge is 0.494 e. The van der Waals surface area contributed by atoms with Crippen molar-refractivity contribution in [3.8, 4) is 5.75 Å². The quantitative estimate of drug-likeness (QED) is 0.302. The highest BCUT2D eigenvalue weighted by Crippen LogP contribution is 2.27. The summed E-state index contributed by atoms with van der Waals surface area (Å²) in [6.07, 6.45) is 0.513. The van der Waals surface area contributed by atoms with Crippen molar-refractivity contribution in [1.29, 1.82) is 0 Å². The molecule has 10 heteroatoms. The van der Waals surface area contributed by atoms with Gasteiger partial charge in [-0.3, -0.25) is 13.9 Å². The molecule has 3 aromatic rings. The van der Waals surface area contributed by atoms with Crippen molar-refractivity contribution in [3.05, 3.63) is 88.9 Å². The van der Waals surface area contributed by atoms with Crippen LogP contribution >= 0.6 is 15.9 Å². The van der Waals surface area contributed by atoms with Gasteiger partial charge in [0.25, 0.3) is 10.0 Å². The molecule has 0 unspecified atom stereocenters. The Bertz CT molecular complexity index is 1330. The lowest BCUT2D eigenvalue weighted by atomic mass is 10.1. The highest BCUT2D eigenvalue weighted by molar-refractivity contribution is 9.10. The Morgan fingerprint density at radius 2 is 1.59 bits per heavy atom. The van der Waals surface area contributed by atoms with E-state index in [-0.39, 0.29) is 17.3 Å². The molecule has 0 saturated heterocycles. The molecule has 1 atom stereocenters. The van der Waals surface area contributed by atoms with Gasteiger partial charge in [-0.25, -0.2) is 8.42 Å². The van der Waals surface area contributed by atoms with E-state index in [9.17, 15) is 18.0 Å². The average molecular weight is 617 g/mol. The van der Waals surface area contributed by atoms with Crippen LogP contribution in [-0.4, -0.2) is 57.4 Å². The van der Waals surface area contributed by atoms with Crippen LogP contribution in [0.2, 0.25) is 0 Å². The molecular formula is C29H34BrN3O5S. The Morgan fingerprint density at radius 3 is 2.18 bits per heavy atom. The van der Waals surface area contributed by atoms with Crippen molar-refractivity contribution in [2.24, 2.45) is 0 Å². The molecule has 0 bridgehead atoms. The molecule has 0 fully saturated rings. The first-order valence-electron chi connectivity index (χ1n) is 12.8. The number of likely N-dealkylation sites (N-methyl/N-ethyl adjacent to an activating group) is 1. The molecule has 3 aromatic carbocycles. The van der Waals surface area contributed by atoms with Crippen LogP contribution in [0.5, 0.6) is 5.75 Å². The number of nitrogens with one attached hydrogen (secondary N) is 1. The summed E-state index contributed by atoms with van der Waals surface area (Å²) in [7, 11) is -4.12. The molecule has 0 aliphatic heterocycles. The van der Waals surface area contributed by atoms with E-state index in [1.165, 1.54) is 17.0 Å². The van der Waals surface area contributed by atoms with E-state index in [1.54, 1.807) is 50.2 Å². The van der Waals surface area contributed by atoms with Gasteiger partial charge in [-0.15, -0.1) is 0 Å². The predicted molar refractivity (Wildman–Crippen MR) is 156 cm³/mol. The van der Waals surface area contributed by atoms with Crippen molar-refractivity contribution in [2.75, 3.05) is 30.5 Å². The van der Waals surface area contributed by atoms with Gasteiger partial charge in [0.2, 0.25) is 11.8 Å². The number of benzene rings is 3. The van der Waals surface area contributed by atoms with Crippen LogP contribution in [0.15, 0.2) is 88.2 Å². The summed E-state index contributed by atoms with van der Waals surface area (Å²) in [6.45, 7) is 5.96. The fraction of sp³-hybridized carbons (Fsp3) is 0.310. The fourth-order valence-corrected chi connectivity index (χ4v) is 5.71. The lowest BCUT2D eigenvalue weighted by Gasteiger charge is -2.32. The van der Waals surface area contributed by atoms with Crippen LogP contribution in [0, 0.1) is 0 Å². The lowest BCUT2D eigenvalue weighted by molar-refractivity contribution is -0.138. The number of anilines is 1. The summed E-state index contributed by atoms with van der Waals surface area (Å²) in [5.41, 5.74) is 1.31. The second-order valence-electron chi connectivity index (χ2n) is 8.79. The molecule has 0 aliphatic carbocycles. The Hall–Kier alpha value is -3.37. The predicted octanol–water partition coefficient (Wildman–Crippen LogP) is 4.64. The third-order valence-corrected chi connectivity index (χ3v) is 8.44. The van der Waals surface area contributed by atoms with Gasteiger partial charge in [-0.05, 0) is 81.3 Å². The van der Waals surface area contributed by atoms with Crippen LogP contribution in [0.25, 0.3) is 0 Å². The number of amides is 2. The number of ether oxygens (including phenoxy) is 1. The van der Waals surface area contributed by atoms with Crippen molar-refractivity contribution in [3.63, 3.8) is 0 Å². The Morgan fingerprint density at radius 1 is 0.949 bits per heavy atom.